The fourth-order valence-corrected chi connectivity index (χ4v) is 6.58. The highest BCUT2D eigenvalue weighted by Gasteiger charge is 2.43. The lowest BCUT2D eigenvalue weighted by Crippen LogP contribution is -2.67. The minimum atomic E-state index is -2.67. The van der Waals surface area contributed by atoms with E-state index in [1.54, 1.807) is 7.11 Å². The van der Waals surface area contributed by atoms with Gasteiger partial charge < -0.3 is 23.8 Å². The van der Waals surface area contributed by atoms with Gasteiger partial charge in [-0.05, 0) is 18.1 Å². The van der Waals surface area contributed by atoms with Gasteiger partial charge in [0.25, 0.3) is 6.43 Å². The lowest BCUT2D eigenvalue weighted by atomic mass is 9.81. The van der Waals surface area contributed by atoms with Crippen molar-refractivity contribution in [1.29, 1.82) is 0 Å². The number of fused-ring (bicyclic) bond motifs is 1. The number of hydrogen-bond acceptors (Lipinski definition) is 9. The van der Waals surface area contributed by atoms with Crippen LogP contribution in [0.5, 0.6) is 17.8 Å². The number of benzene rings is 2. The molecule has 0 bridgehead atoms. The van der Waals surface area contributed by atoms with Gasteiger partial charge in [0.2, 0.25) is 17.7 Å². The maximum atomic E-state index is 13.1. The summed E-state index contributed by atoms with van der Waals surface area (Å²) in [5.41, 5.74) is 3.05. The summed E-state index contributed by atoms with van der Waals surface area (Å²) in [6.45, 7) is 5.48. The Labute approximate surface area is 293 Å². The number of rotatable bonds is 14. The van der Waals surface area contributed by atoms with Gasteiger partial charge in [0.05, 0.1) is 32.3 Å². The number of aromatic nitrogens is 2. The van der Waals surface area contributed by atoms with E-state index in [1.165, 1.54) is 18.2 Å². The molecule has 48 heavy (non-hydrogen) atoms. The number of ether oxygens (including phenoxy) is 4. The van der Waals surface area contributed by atoms with Crippen LogP contribution in [-0.4, -0.2) is 116 Å². The molecule has 2 aromatic carbocycles. The predicted octanol–water partition coefficient (Wildman–Crippen LogP) is 4.94. The molecule has 2 saturated heterocycles. The topological polar surface area (TPSA) is 89.5 Å². The summed E-state index contributed by atoms with van der Waals surface area (Å²) >= 11 is 0. The molecule has 2 aliphatic rings. The Balaban J connectivity index is 0.00000312. The van der Waals surface area contributed by atoms with Gasteiger partial charge in [-0.15, -0.1) is 24.8 Å². The number of carbonyl (C=O) groups is 1. The monoisotopic (exact) mass is 711 g/mol. The van der Waals surface area contributed by atoms with Gasteiger partial charge in [0.15, 0.2) is 6.61 Å². The third-order valence-corrected chi connectivity index (χ3v) is 8.55. The number of methoxy groups -OCH3 is 2. The third-order valence-electron chi connectivity index (χ3n) is 8.55. The number of carbonyl (C=O) groups excluding carboxylic acids is 1. The highest BCUT2D eigenvalue weighted by Crippen LogP contribution is 2.37. The maximum absolute atomic E-state index is 13.1. The van der Waals surface area contributed by atoms with Gasteiger partial charge in [0, 0.05) is 64.4 Å². The van der Waals surface area contributed by atoms with E-state index in [9.17, 15) is 13.6 Å². The first-order chi connectivity index (χ1) is 22.4. The van der Waals surface area contributed by atoms with Gasteiger partial charge >= 0.3 is 6.01 Å². The van der Waals surface area contributed by atoms with Gasteiger partial charge in [-0.3, -0.25) is 14.6 Å². The van der Waals surface area contributed by atoms with E-state index < -0.39 is 13.0 Å². The first kappa shape index (κ1) is 39.2. The van der Waals surface area contributed by atoms with E-state index in [0.717, 1.165) is 6.54 Å². The molecule has 10 nitrogen and oxygen atoms in total. The molecule has 2 atom stereocenters. The second kappa shape index (κ2) is 19.0. The van der Waals surface area contributed by atoms with Crippen LogP contribution < -0.4 is 14.2 Å². The molecule has 1 unspecified atom stereocenters. The Bertz CT molecular complexity index is 1380. The molecule has 3 aromatic rings. The Kier molecular flexibility index (Phi) is 15.5. The van der Waals surface area contributed by atoms with Crippen LogP contribution in [0, 0.1) is 0 Å². The smallest absolute Gasteiger partial charge is 0.323 e. The molecule has 1 amide bonds. The lowest BCUT2D eigenvalue weighted by molar-refractivity contribution is -0.137. The number of amides is 1. The minimum Gasteiger partial charge on any atom is -0.481 e. The van der Waals surface area contributed by atoms with Crippen molar-refractivity contribution in [3.63, 3.8) is 0 Å². The Hall–Kier alpha value is -3.29. The molecule has 2 fully saturated rings. The summed E-state index contributed by atoms with van der Waals surface area (Å²) in [5, 5.41) is 0. The molecule has 0 N–H and O–H groups in total. The molecule has 1 aromatic heterocycles. The first-order valence-corrected chi connectivity index (χ1v) is 15.7. The normalized spacial score (nSPS) is 18.1. The summed E-state index contributed by atoms with van der Waals surface area (Å²) in [5.74, 6) is 0.605. The Morgan fingerprint density at radius 1 is 0.896 bits per heavy atom. The molecule has 264 valence electrons. The predicted molar refractivity (Wildman–Crippen MR) is 183 cm³/mol. The van der Waals surface area contributed by atoms with E-state index in [1.807, 2.05) is 24.0 Å². The molecule has 5 rings (SSSR count). The maximum Gasteiger partial charge on any atom is 0.323 e. The number of hydrogen-bond donors (Lipinski definition) is 0. The van der Waals surface area contributed by atoms with Crippen molar-refractivity contribution in [2.45, 2.75) is 44.3 Å². The van der Waals surface area contributed by atoms with Crippen LogP contribution >= 0.6 is 24.8 Å². The quantitative estimate of drug-likeness (QED) is 0.231. The molecule has 0 spiro atoms. The van der Waals surface area contributed by atoms with E-state index in [2.05, 4.69) is 68.3 Å². The van der Waals surface area contributed by atoms with Crippen molar-refractivity contribution < 1.29 is 32.5 Å². The third kappa shape index (κ3) is 9.66. The molecule has 0 aliphatic carbocycles. The molecule has 14 heteroatoms. The minimum absolute atomic E-state index is 0. The summed E-state index contributed by atoms with van der Waals surface area (Å²) in [7, 11) is 3.08. The van der Waals surface area contributed by atoms with E-state index in [-0.39, 0.29) is 66.5 Å². The standard InChI is InChI=1S/C34H43F2N5O5.2ClH/c1-4-45-33-27(32(44-3)37-34(38-33)46-23-29(35)36)21-39-19-26-20-40(30(42)15-18-43-2)16-17-41(26)28(22-39)31(24-11-7-5-8-12-24)25-13-9-6-10-14-25;;/h5-14,26,28-29,31H,4,15-23H2,1-3H3;2*1H/t26-,28?;;/m1../s1. The summed E-state index contributed by atoms with van der Waals surface area (Å²) in [6.07, 6.45) is -2.32. The van der Waals surface area contributed by atoms with Crippen LogP contribution in [0.15, 0.2) is 60.7 Å². The van der Waals surface area contributed by atoms with Crippen molar-refractivity contribution in [1.82, 2.24) is 24.7 Å². The van der Waals surface area contributed by atoms with Crippen LogP contribution in [-0.2, 0) is 16.1 Å². The second-order valence-corrected chi connectivity index (χ2v) is 11.5. The summed E-state index contributed by atoms with van der Waals surface area (Å²) in [6, 6.07) is 21.0. The number of piperazine rings is 2. The molecule has 0 saturated carbocycles. The summed E-state index contributed by atoms with van der Waals surface area (Å²) < 4.78 is 47.6. The van der Waals surface area contributed by atoms with Crippen molar-refractivity contribution >= 4 is 30.7 Å². The van der Waals surface area contributed by atoms with E-state index >= 15 is 0 Å². The number of halogens is 4. The van der Waals surface area contributed by atoms with Crippen molar-refractivity contribution in [3.05, 3.63) is 77.4 Å². The Morgan fingerprint density at radius 2 is 1.54 bits per heavy atom. The van der Waals surface area contributed by atoms with Crippen molar-refractivity contribution in [3.8, 4) is 17.8 Å². The van der Waals surface area contributed by atoms with Crippen LogP contribution in [0.2, 0.25) is 0 Å². The number of alkyl halides is 2. The van der Waals surface area contributed by atoms with Gasteiger partial charge in [-0.1, -0.05) is 60.7 Å². The average Bonchev–Trinajstić information content (AvgIpc) is 3.08. The fourth-order valence-electron chi connectivity index (χ4n) is 6.58. The zero-order chi connectivity index (χ0) is 32.5. The zero-order valence-corrected chi connectivity index (χ0v) is 29.1. The van der Waals surface area contributed by atoms with Crippen LogP contribution in [0.3, 0.4) is 0 Å². The zero-order valence-electron chi connectivity index (χ0n) is 27.5. The lowest BCUT2D eigenvalue weighted by Gasteiger charge is -2.53. The van der Waals surface area contributed by atoms with Gasteiger partial charge in [-0.2, -0.15) is 9.97 Å². The molecule has 2 aliphatic heterocycles. The van der Waals surface area contributed by atoms with Crippen molar-refractivity contribution in [2.75, 3.05) is 66.8 Å². The molecular weight excluding hydrogens is 667 g/mol. The number of nitrogens with zero attached hydrogens (tertiary/aromatic N) is 5. The highest BCUT2D eigenvalue weighted by molar-refractivity contribution is 5.85. The van der Waals surface area contributed by atoms with E-state index in [4.69, 9.17) is 18.9 Å². The van der Waals surface area contributed by atoms with Gasteiger partial charge in [-0.25, -0.2) is 8.78 Å². The van der Waals surface area contributed by atoms with Crippen LogP contribution in [0.1, 0.15) is 36.0 Å². The van der Waals surface area contributed by atoms with Crippen LogP contribution in [0.25, 0.3) is 0 Å². The SMILES string of the molecule is CCOc1nc(OCC(F)F)nc(OC)c1CN1CC(C(c2ccccc2)c2ccccc2)N2CCN(C(=O)CCOC)C[C@H]2C1.Cl.Cl. The fraction of sp³-hybridized carbons (Fsp3) is 0.500. The molecule has 3 heterocycles. The van der Waals surface area contributed by atoms with Gasteiger partial charge in [0.1, 0.15) is 0 Å². The van der Waals surface area contributed by atoms with Crippen LogP contribution in [0.4, 0.5) is 8.78 Å². The molecule has 0 radical (unpaired) electrons. The average molecular weight is 713 g/mol. The van der Waals surface area contributed by atoms with Crippen molar-refractivity contribution in [2.24, 2.45) is 0 Å². The summed E-state index contributed by atoms with van der Waals surface area (Å²) in [4.78, 5) is 28.6. The highest BCUT2D eigenvalue weighted by atomic mass is 35.5. The second-order valence-electron chi connectivity index (χ2n) is 11.5. The molecular formula is C34H45Cl2F2N5O5. The Morgan fingerprint density at radius 3 is 2.12 bits per heavy atom. The van der Waals surface area contributed by atoms with E-state index in [0.29, 0.717) is 57.9 Å². The first-order valence-electron chi connectivity index (χ1n) is 15.7. The largest absolute Gasteiger partial charge is 0.481 e.